The molecule has 1 N–H and O–H groups in total. The first-order valence-corrected chi connectivity index (χ1v) is 7.08. The summed E-state index contributed by atoms with van der Waals surface area (Å²) in [5, 5.41) is 3.74. The summed E-state index contributed by atoms with van der Waals surface area (Å²) in [7, 11) is 0. The molecule has 1 nitrogen and oxygen atoms in total. The van der Waals surface area contributed by atoms with Crippen LogP contribution < -0.4 is 5.32 Å². The van der Waals surface area contributed by atoms with Crippen LogP contribution in [0.2, 0.25) is 0 Å². The van der Waals surface area contributed by atoms with Crippen LogP contribution in [0.4, 0.5) is 0 Å². The molecule has 0 spiro atoms. The van der Waals surface area contributed by atoms with Crippen molar-refractivity contribution in [2.75, 3.05) is 6.54 Å². The minimum atomic E-state index is 0.851. The van der Waals surface area contributed by atoms with Crippen LogP contribution in [0.15, 0.2) is 0 Å². The second kappa shape index (κ2) is 5.89. The van der Waals surface area contributed by atoms with Crippen molar-refractivity contribution < 1.29 is 0 Å². The SMILES string of the molecule is CC1CCC(NCCCC2CCCC2)C1. The fourth-order valence-electron chi connectivity index (χ4n) is 3.39. The van der Waals surface area contributed by atoms with E-state index in [-0.39, 0.29) is 0 Å². The molecule has 1 heteroatoms. The van der Waals surface area contributed by atoms with Gasteiger partial charge in [0.2, 0.25) is 0 Å². The zero-order valence-corrected chi connectivity index (χ0v) is 10.3. The molecule has 0 heterocycles. The predicted octanol–water partition coefficient (Wildman–Crippen LogP) is 3.74. The number of nitrogens with one attached hydrogen (secondary N) is 1. The number of hydrogen-bond donors (Lipinski definition) is 1. The Morgan fingerprint density at radius 2 is 1.87 bits per heavy atom. The molecule has 0 radical (unpaired) electrons. The van der Waals surface area contributed by atoms with Crippen LogP contribution in [0.25, 0.3) is 0 Å². The molecule has 0 amide bonds. The Morgan fingerprint density at radius 1 is 1.07 bits per heavy atom. The van der Waals surface area contributed by atoms with E-state index in [2.05, 4.69) is 12.2 Å². The van der Waals surface area contributed by atoms with Crippen LogP contribution in [-0.4, -0.2) is 12.6 Å². The molecular weight excluding hydrogens is 182 g/mol. The van der Waals surface area contributed by atoms with Crippen LogP contribution in [0.1, 0.15) is 64.7 Å². The Morgan fingerprint density at radius 3 is 2.53 bits per heavy atom. The van der Waals surface area contributed by atoms with Gasteiger partial charge in [-0.3, -0.25) is 0 Å². The number of hydrogen-bond acceptors (Lipinski definition) is 1. The van der Waals surface area contributed by atoms with Crippen molar-refractivity contribution in [2.24, 2.45) is 11.8 Å². The maximum absolute atomic E-state index is 3.74. The summed E-state index contributed by atoms with van der Waals surface area (Å²) in [4.78, 5) is 0. The van der Waals surface area contributed by atoms with Crippen molar-refractivity contribution in [3.63, 3.8) is 0 Å². The molecule has 2 rings (SSSR count). The molecule has 15 heavy (non-hydrogen) atoms. The van der Waals surface area contributed by atoms with E-state index >= 15 is 0 Å². The van der Waals surface area contributed by atoms with E-state index in [1.165, 1.54) is 64.3 Å². The summed E-state index contributed by atoms with van der Waals surface area (Å²) in [6.07, 6.45) is 13.2. The molecule has 0 bridgehead atoms. The van der Waals surface area contributed by atoms with E-state index in [0.717, 1.165) is 17.9 Å². The maximum atomic E-state index is 3.74. The Labute approximate surface area is 95.0 Å². The molecule has 0 saturated heterocycles. The molecule has 88 valence electrons. The summed E-state index contributed by atoms with van der Waals surface area (Å²) in [5.74, 6) is 2.05. The molecule has 0 aromatic rings. The third kappa shape index (κ3) is 3.79. The first kappa shape index (κ1) is 11.4. The van der Waals surface area contributed by atoms with Crippen molar-refractivity contribution in [1.29, 1.82) is 0 Å². The fraction of sp³-hybridized carbons (Fsp3) is 1.00. The van der Waals surface area contributed by atoms with E-state index in [1.807, 2.05) is 0 Å². The third-order valence-corrected chi connectivity index (χ3v) is 4.39. The average molecular weight is 209 g/mol. The van der Waals surface area contributed by atoms with Crippen molar-refractivity contribution >= 4 is 0 Å². The van der Waals surface area contributed by atoms with E-state index in [1.54, 1.807) is 0 Å². The highest BCUT2D eigenvalue weighted by Crippen LogP contribution is 2.28. The molecule has 0 aliphatic heterocycles. The highest BCUT2D eigenvalue weighted by atomic mass is 14.9. The molecule has 2 unspecified atom stereocenters. The van der Waals surface area contributed by atoms with Crippen LogP contribution in [0.3, 0.4) is 0 Å². The minimum Gasteiger partial charge on any atom is -0.314 e. The second-order valence-corrected chi connectivity index (χ2v) is 5.86. The van der Waals surface area contributed by atoms with Crippen LogP contribution >= 0.6 is 0 Å². The van der Waals surface area contributed by atoms with Gasteiger partial charge in [0.15, 0.2) is 0 Å². The fourth-order valence-corrected chi connectivity index (χ4v) is 3.39. The molecule has 2 aliphatic rings. The summed E-state index contributed by atoms with van der Waals surface area (Å²) >= 11 is 0. The Bertz CT molecular complexity index is 172. The normalized spacial score (nSPS) is 32.6. The van der Waals surface area contributed by atoms with Crippen LogP contribution in [0.5, 0.6) is 0 Å². The first-order chi connectivity index (χ1) is 7.34. The highest BCUT2D eigenvalue weighted by Gasteiger charge is 2.20. The van der Waals surface area contributed by atoms with Gasteiger partial charge in [-0.05, 0) is 50.5 Å². The molecule has 2 fully saturated rings. The lowest BCUT2D eigenvalue weighted by Crippen LogP contribution is -2.27. The summed E-state index contributed by atoms with van der Waals surface area (Å²) in [6.45, 7) is 3.66. The van der Waals surface area contributed by atoms with Gasteiger partial charge in [0, 0.05) is 6.04 Å². The van der Waals surface area contributed by atoms with Crippen molar-refractivity contribution in [2.45, 2.75) is 70.8 Å². The van der Waals surface area contributed by atoms with Crippen molar-refractivity contribution in [3.8, 4) is 0 Å². The highest BCUT2D eigenvalue weighted by molar-refractivity contribution is 4.78. The zero-order chi connectivity index (χ0) is 10.5. The van der Waals surface area contributed by atoms with E-state index in [4.69, 9.17) is 0 Å². The standard InChI is InChI=1S/C14H27N/c1-12-8-9-14(11-12)15-10-4-7-13-5-2-3-6-13/h12-15H,2-11H2,1H3. The lowest BCUT2D eigenvalue weighted by atomic mass is 10.0. The number of rotatable bonds is 5. The van der Waals surface area contributed by atoms with Crippen molar-refractivity contribution in [3.05, 3.63) is 0 Å². The van der Waals surface area contributed by atoms with Crippen LogP contribution in [0, 0.1) is 11.8 Å². The third-order valence-electron chi connectivity index (χ3n) is 4.39. The zero-order valence-electron chi connectivity index (χ0n) is 10.3. The van der Waals surface area contributed by atoms with Gasteiger partial charge in [-0.25, -0.2) is 0 Å². The van der Waals surface area contributed by atoms with Gasteiger partial charge in [-0.1, -0.05) is 32.6 Å². The van der Waals surface area contributed by atoms with Gasteiger partial charge in [-0.15, -0.1) is 0 Å². The Kier molecular flexibility index (Phi) is 4.49. The monoisotopic (exact) mass is 209 g/mol. The molecule has 0 aromatic carbocycles. The summed E-state index contributed by atoms with van der Waals surface area (Å²) < 4.78 is 0. The average Bonchev–Trinajstić information content (AvgIpc) is 2.84. The quantitative estimate of drug-likeness (QED) is 0.680. The Balaban J connectivity index is 1.48. The van der Waals surface area contributed by atoms with Crippen LogP contribution in [-0.2, 0) is 0 Å². The molecule has 2 aliphatic carbocycles. The Hall–Kier alpha value is -0.0400. The van der Waals surface area contributed by atoms with Gasteiger partial charge >= 0.3 is 0 Å². The lowest BCUT2D eigenvalue weighted by Gasteiger charge is -2.13. The first-order valence-electron chi connectivity index (χ1n) is 7.08. The van der Waals surface area contributed by atoms with E-state index in [0.29, 0.717) is 0 Å². The van der Waals surface area contributed by atoms with Gasteiger partial charge in [-0.2, -0.15) is 0 Å². The topological polar surface area (TPSA) is 12.0 Å². The molecule has 2 saturated carbocycles. The van der Waals surface area contributed by atoms with Crippen molar-refractivity contribution in [1.82, 2.24) is 5.32 Å². The van der Waals surface area contributed by atoms with E-state index < -0.39 is 0 Å². The molecular formula is C14H27N. The largest absolute Gasteiger partial charge is 0.314 e. The van der Waals surface area contributed by atoms with Gasteiger partial charge in [0.05, 0.1) is 0 Å². The predicted molar refractivity (Wildman–Crippen MR) is 66.0 cm³/mol. The van der Waals surface area contributed by atoms with Gasteiger partial charge in [0.1, 0.15) is 0 Å². The molecule has 0 aromatic heterocycles. The van der Waals surface area contributed by atoms with E-state index in [9.17, 15) is 0 Å². The van der Waals surface area contributed by atoms with Gasteiger partial charge in [0.25, 0.3) is 0 Å². The minimum absolute atomic E-state index is 0.851. The maximum Gasteiger partial charge on any atom is 0.00696 e. The molecule has 2 atom stereocenters. The smallest absolute Gasteiger partial charge is 0.00696 e. The lowest BCUT2D eigenvalue weighted by molar-refractivity contribution is 0.441. The summed E-state index contributed by atoms with van der Waals surface area (Å²) in [5.41, 5.74) is 0. The second-order valence-electron chi connectivity index (χ2n) is 5.86. The van der Waals surface area contributed by atoms with Gasteiger partial charge < -0.3 is 5.32 Å². The summed E-state index contributed by atoms with van der Waals surface area (Å²) in [6, 6.07) is 0.851.